The Morgan fingerprint density at radius 1 is 1.30 bits per heavy atom. The maximum atomic E-state index is 12.1. The predicted molar refractivity (Wildman–Crippen MR) is 82.9 cm³/mol. The van der Waals surface area contributed by atoms with Gasteiger partial charge in [-0.15, -0.1) is 0 Å². The van der Waals surface area contributed by atoms with Crippen LogP contribution in [-0.2, 0) is 9.59 Å². The fraction of sp³-hybridized carbons (Fsp3) is 0.267. The van der Waals surface area contributed by atoms with Crippen LogP contribution in [-0.4, -0.2) is 44.4 Å². The number of aliphatic hydroxyl groups is 1. The van der Waals surface area contributed by atoms with Crippen LogP contribution in [0.3, 0.4) is 0 Å². The van der Waals surface area contributed by atoms with E-state index in [4.69, 9.17) is 5.73 Å². The highest BCUT2D eigenvalue weighted by Gasteiger charge is 2.57. The first-order valence-electron chi connectivity index (χ1n) is 6.88. The van der Waals surface area contributed by atoms with Crippen molar-refractivity contribution in [3.8, 4) is 0 Å². The van der Waals surface area contributed by atoms with Gasteiger partial charge in [0.05, 0.1) is 12.0 Å². The van der Waals surface area contributed by atoms with E-state index in [1.807, 2.05) is 0 Å². The minimum atomic E-state index is -1.20. The number of carbonyl (C=O) groups is 3. The van der Waals surface area contributed by atoms with E-state index in [-0.39, 0.29) is 5.70 Å². The second kappa shape index (κ2) is 5.39. The summed E-state index contributed by atoms with van der Waals surface area (Å²) in [7, 11) is 0. The second-order valence-electron chi connectivity index (χ2n) is 5.41. The fourth-order valence-corrected chi connectivity index (χ4v) is 4.39. The molecule has 2 aliphatic rings. The Bertz CT molecular complexity index is 741. The van der Waals surface area contributed by atoms with Crippen LogP contribution in [0.5, 0.6) is 0 Å². The number of amides is 2. The highest BCUT2D eigenvalue weighted by Crippen LogP contribution is 2.53. The number of thioether (sulfide) groups is 1. The summed E-state index contributed by atoms with van der Waals surface area (Å²) in [5, 5.41) is 18.7. The number of hydrogen-bond acceptors (Lipinski definition) is 5. The van der Waals surface area contributed by atoms with E-state index in [0.29, 0.717) is 16.0 Å². The average molecular weight is 334 g/mol. The Morgan fingerprint density at radius 3 is 2.39 bits per heavy atom. The standard InChI is InChI=1S/C15H14N2O5S/c1-6(18)9-13(20)17-10(15(21)22)11(23-14(9)17)7-2-4-8(5-3-7)12(16)19/h2-6,9,14,18H,1H3,(H2,16,19)(H,21,22)/t6-,9+,14-/m1/s1. The lowest BCUT2D eigenvalue weighted by molar-refractivity contribution is -0.156. The molecule has 1 fully saturated rings. The first kappa shape index (κ1) is 15.6. The molecule has 1 aromatic rings. The van der Waals surface area contributed by atoms with E-state index < -0.39 is 35.2 Å². The van der Waals surface area contributed by atoms with Crippen molar-refractivity contribution in [1.82, 2.24) is 4.90 Å². The van der Waals surface area contributed by atoms with Gasteiger partial charge in [0, 0.05) is 10.5 Å². The number of nitrogens with two attached hydrogens (primary N) is 1. The van der Waals surface area contributed by atoms with Crippen LogP contribution in [0.2, 0.25) is 0 Å². The molecule has 4 N–H and O–H groups in total. The SMILES string of the molecule is C[C@@H](O)[C@H]1C(=O)N2C(C(=O)O)=C(c3ccc(C(N)=O)cc3)S[C@H]12. The minimum absolute atomic E-state index is 0.0891. The van der Waals surface area contributed by atoms with Gasteiger partial charge in [-0.05, 0) is 24.6 Å². The van der Waals surface area contributed by atoms with Gasteiger partial charge in [0.15, 0.2) is 0 Å². The van der Waals surface area contributed by atoms with Crippen molar-refractivity contribution in [2.75, 3.05) is 0 Å². The number of carboxylic acid groups (broad SMARTS) is 1. The van der Waals surface area contributed by atoms with Gasteiger partial charge in [-0.2, -0.15) is 0 Å². The first-order chi connectivity index (χ1) is 10.8. The van der Waals surface area contributed by atoms with Crippen molar-refractivity contribution in [1.29, 1.82) is 0 Å². The molecule has 0 radical (unpaired) electrons. The van der Waals surface area contributed by atoms with Crippen LogP contribution < -0.4 is 5.73 Å². The fourth-order valence-electron chi connectivity index (χ4n) is 2.77. The molecular formula is C15H14N2O5S. The monoisotopic (exact) mass is 334 g/mol. The number of β-lactam (4-membered cyclic amide) rings is 1. The van der Waals surface area contributed by atoms with E-state index in [0.717, 1.165) is 0 Å². The van der Waals surface area contributed by atoms with Crippen molar-refractivity contribution in [2.24, 2.45) is 11.7 Å². The number of benzene rings is 1. The molecule has 8 heteroatoms. The minimum Gasteiger partial charge on any atom is -0.477 e. The van der Waals surface area contributed by atoms with Gasteiger partial charge < -0.3 is 15.9 Å². The lowest BCUT2D eigenvalue weighted by Gasteiger charge is -2.43. The van der Waals surface area contributed by atoms with Crippen molar-refractivity contribution in [2.45, 2.75) is 18.4 Å². The van der Waals surface area contributed by atoms with Crippen LogP contribution in [0.15, 0.2) is 30.0 Å². The molecule has 2 heterocycles. The molecule has 2 amide bonds. The van der Waals surface area contributed by atoms with Crippen LogP contribution in [0.1, 0.15) is 22.8 Å². The van der Waals surface area contributed by atoms with E-state index in [9.17, 15) is 24.6 Å². The van der Waals surface area contributed by atoms with Crippen molar-refractivity contribution in [3.05, 3.63) is 41.1 Å². The van der Waals surface area contributed by atoms with Crippen molar-refractivity contribution in [3.63, 3.8) is 0 Å². The topological polar surface area (TPSA) is 121 Å². The molecule has 120 valence electrons. The molecule has 1 saturated heterocycles. The third-order valence-electron chi connectivity index (χ3n) is 3.93. The summed E-state index contributed by atoms with van der Waals surface area (Å²) in [4.78, 5) is 36.4. The molecule has 0 aromatic heterocycles. The summed E-state index contributed by atoms with van der Waals surface area (Å²) in [6.45, 7) is 1.51. The number of carboxylic acids is 1. The molecule has 0 unspecified atom stereocenters. The van der Waals surface area contributed by atoms with Crippen molar-refractivity contribution >= 4 is 34.5 Å². The highest BCUT2D eigenvalue weighted by atomic mass is 32.2. The third kappa shape index (κ3) is 2.30. The average Bonchev–Trinajstić information content (AvgIpc) is 2.82. The number of hydrogen-bond donors (Lipinski definition) is 3. The number of aliphatic hydroxyl groups excluding tert-OH is 1. The van der Waals surface area contributed by atoms with Crippen LogP contribution in [0, 0.1) is 5.92 Å². The van der Waals surface area contributed by atoms with Crippen LogP contribution in [0.4, 0.5) is 0 Å². The summed E-state index contributed by atoms with van der Waals surface area (Å²) in [5.74, 6) is -2.78. The molecule has 0 bridgehead atoms. The molecule has 23 heavy (non-hydrogen) atoms. The molecule has 0 aliphatic carbocycles. The van der Waals surface area contributed by atoms with Gasteiger partial charge in [0.1, 0.15) is 11.1 Å². The lowest BCUT2D eigenvalue weighted by Crippen LogP contribution is -2.60. The number of rotatable bonds is 4. The van der Waals surface area contributed by atoms with E-state index in [2.05, 4.69) is 0 Å². The van der Waals surface area contributed by atoms with Gasteiger partial charge in [-0.3, -0.25) is 14.5 Å². The molecule has 1 aromatic carbocycles. The maximum Gasteiger partial charge on any atom is 0.353 e. The number of carbonyl (C=O) groups excluding carboxylic acids is 2. The number of primary amides is 1. The van der Waals surface area contributed by atoms with E-state index >= 15 is 0 Å². The number of nitrogens with zero attached hydrogens (tertiary/aromatic N) is 1. The molecular weight excluding hydrogens is 320 g/mol. The number of aliphatic carboxylic acids is 1. The van der Waals surface area contributed by atoms with Gasteiger partial charge in [0.2, 0.25) is 11.8 Å². The largest absolute Gasteiger partial charge is 0.477 e. The van der Waals surface area contributed by atoms with Gasteiger partial charge >= 0.3 is 5.97 Å². The van der Waals surface area contributed by atoms with Gasteiger partial charge in [-0.25, -0.2) is 4.79 Å². The molecule has 3 rings (SSSR count). The maximum absolute atomic E-state index is 12.1. The Morgan fingerprint density at radius 2 is 1.91 bits per heavy atom. The quantitative estimate of drug-likeness (QED) is 0.688. The van der Waals surface area contributed by atoms with Crippen molar-refractivity contribution < 1.29 is 24.6 Å². The smallest absolute Gasteiger partial charge is 0.353 e. The molecule has 2 aliphatic heterocycles. The Balaban J connectivity index is 1.99. The summed E-state index contributed by atoms with van der Waals surface area (Å²) in [5.41, 5.74) is 6.00. The Hall–Kier alpha value is -2.32. The molecule has 3 atom stereocenters. The second-order valence-corrected chi connectivity index (χ2v) is 6.53. The molecule has 0 spiro atoms. The van der Waals surface area contributed by atoms with E-state index in [1.165, 1.54) is 35.7 Å². The summed E-state index contributed by atoms with van der Waals surface area (Å²) in [6, 6.07) is 6.21. The van der Waals surface area contributed by atoms with Gasteiger partial charge in [-0.1, -0.05) is 23.9 Å². The molecule has 0 saturated carbocycles. The summed E-state index contributed by atoms with van der Waals surface area (Å²) >= 11 is 1.23. The lowest BCUT2D eigenvalue weighted by atomic mass is 9.92. The Labute approximate surface area is 135 Å². The van der Waals surface area contributed by atoms with Gasteiger partial charge in [0.25, 0.3) is 0 Å². The predicted octanol–water partition coefficient (Wildman–Crippen LogP) is 0.451. The Kier molecular flexibility index (Phi) is 3.65. The molecule has 7 nitrogen and oxygen atoms in total. The zero-order valence-corrected chi connectivity index (χ0v) is 12.9. The first-order valence-corrected chi connectivity index (χ1v) is 7.76. The van der Waals surface area contributed by atoms with Crippen LogP contribution >= 0.6 is 11.8 Å². The third-order valence-corrected chi connectivity index (χ3v) is 5.34. The summed E-state index contributed by atoms with van der Waals surface area (Å²) < 4.78 is 0. The zero-order chi connectivity index (χ0) is 16.9. The normalized spacial score (nSPS) is 24.3. The van der Waals surface area contributed by atoms with E-state index in [1.54, 1.807) is 12.1 Å². The number of fused-ring (bicyclic) bond motifs is 1. The van der Waals surface area contributed by atoms with Crippen LogP contribution in [0.25, 0.3) is 4.91 Å². The highest BCUT2D eigenvalue weighted by molar-refractivity contribution is 8.09. The zero-order valence-electron chi connectivity index (χ0n) is 12.1. The summed E-state index contributed by atoms with van der Waals surface area (Å²) in [6.07, 6.45) is -0.845.